The van der Waals surface area contributed by atoms with Crippen molar-refractivity contribution < 1.29 is 9.47 Å². The minimum Gasteiger partial charge on any atom is -0.379 e. The molecule has 1 atom stereocenters. The maximum absolute atomic E-state index is 5.79. The Kier molecular flexibility index (Phi) is 7.87. The number of morpholine rings is 1. The smallest absolute Gasteiger partial charge is 0.0826 e. The number of nitrogens with one attached hydrogen (secondary N) is 1. The average Bonchev–Trinajstić information content (AvgIpc) is 2.34. The molecule has 114 valence electrons. The van der Waals surface area contributed by atoms with Crippen molar-refractivity contribution in [1.29, 1.82) is 0 Å². The van der Waals surface area contributed by atoms with Crippen LogP contribution < -0.4 is 11.1 Å². The molecule has 0 aromatic heterocycles. The second-order valence-electron chi connectivity index (χ2n) is 6.39. The Morgan fingerprint density at radius 1 is 1.37 bits per heavy atom. The molecule has 1 aliphatic rings. The lowest BCUT2D eigenvalue weighted by atomic mass is 9.97. The zero-order chi connectivity index (χ0) is 14.1. The van der Waals surface area contributed by atoms with Crippen molar-refractivity contribution in [2.24, 2.45) is 11.1 Å². The van der Waals surface area contributed by atoms with E-state index in [1.165, 1.54) is 0 Å². The Morgan fingerprint density at radius 2 is 2.16 bits per heavy atom. The molecule has 0 aromatic rings. The first kappa shape index (κ1) is 16.9. The number of hydrogen-bond acceptors (Lipinski definition) is 5. The fourth-order valence-electron chi connectivity index (χ4n) is 2.09. The lowest BCUT2D eigenvalue weighted by Gasteiger charge is -2.33. The van der Waals surface area contributed by atoms with Crippen LogP contribution in [0.5, 0.6) is 0 Å². The van der Waals surface area contributed by atoms with Crippen molar-refractivity contribution in [3.63, 3.8) is 0 Å². The monoisotopic (exact) mass is 273 g/mol. The van der Waals surface area contributed by atoms with E-state index in [0.717, 1.165) is 45.9 Å². The quantitative estimate of drug-likeness (QED) is 0.623. The summed E-state index contributed by atoms with van der Waals surface area (Å²) in [5.41, 5.74) is 5.72. The molecule has 1 rings (SSSR count). The summed E-state index contributed by atoms with van der Waals surface area (Å²) in [7, 11) is 0. The minimum absolute atomic E-state index is 0.297. The number of nitrogens with two attached hydrogens (primary N) is 1. The molecule has 1 fully saturated rings. The third-order valence-electron chi connectivity index (χ3n) is 3.06. The Labute approximate surface area is 117 Å². The van der Waals surface area contributed by atoms with Gasteiger partial charge < -0.3 is 20.5 Å². The van der Waals surface area contributed by atoms with E-state index in [1.54, 1.807) is 0 Å². The molecule has 3 N–H and O–H groups in total. The zero-order valence-electron chi connectivity index (χ0n) is 12.8. The first-order chi connectivity index (χ1) is 9.01. The van der Waals surface area contributed by atoms with E-state index in [9.17, 15) is 0 Å². The van der Waals surface area contributed by atoms with Crippen LogP contribution >= 0.6 is 0 Å². The van der Waals surface area contributed by atoms with Crippen molar-refractivity contribution in [1.82, 2.24) is 10.2 Å². The van der Waals surface area contributed by atoms with Gasteiger partial charge in [-0.1, -0.05) is 20.8 Å². The van der Waals surface area contributed by atoms with Gasteiger partial charge in [0.05, 0.1) is 25.9 Å². The van der Waals surface area contributed by atoms with Crippen LogP contribution in [0.25, 0.3) is 0 Å². The highest BCUT2D eigenvalue weighted by Gasteiger charge is 2.20. The van der Waals surface area contributed by atoms with E-state index in [2.05, 4.69) is 31.0 Å². The standard InChI is InChI=1S/C14H31N3O2/c1-14(2,3)12-16-10-13-11-17(6-9-19-13)5-8-18-7-4-15/h13,16H,4-12,15H2,1-3H3. The van der Waals surface area contributed by atoms with Crippen LogP contribution in [0.3, 0.4) is 0 Å². The second-order valence-corrected chi connectivity index (χ2v) is 6.39. The van der Waals surface area contributed by atoms with Gasteiger partial charge in [-0.25, -0.2) is 0 Å². The van der Waals surface area contributed by atoms with Crippen molar-refractivity contribution in [2.45, 2.75) is 26.9 Å². The lowest BCUT2D eigenvalue weighted by molar-refractivity contribution is -0.0350. The van der Waals surface area contributed by atoms with E-state index in [4.69, 9.17) is 15.2 Å². The molecule has 1 heterocycles. The van der Waals surface area contributed by atoms with Gasteiger partial charge in [0.2, 0.25) is 0 Å². The van der Waals surface area contributed by atoms with Gasteiger partial charge in [-0.2, -0.15) is 0 Å². The van der Waals surface area contributed by atoms with Crippen molar-refractivity contribution >= 4 is 0 Å². The third-order valence-corrected chi connectivity index (χ3v) is 3.06. The summed E-state index contributed by atoms with van der Waals surface area (Å²) in [4.78, 5) is 2.41. The molecule has 1 saturated heterocycles. The maximum Gasteiger partial charge on any atom is 0.0826 e. The van der Waals surface area contributed by atoms with E-state index >= 15 is 0 Å². The van der Waals surface area contributed by atoms with E-state index in [-0.39, 0.29) is 0 Å². The highest BCUT2D eigenvalue weighted by molar-refractivity contribution is 4.75. The Morgan fingerprint density at radius 3 is 2.84 bits per heavy atom. The molecule has 5 heteroatoms. The maximum atomic E-state index is 5.79. The van der Waals surface area contributed by atoms with Gasteiger partial charge in [-0.15, -0.1) is 0 Å². The van der Waals surface area contributed by atoms with Gasteiger partial charge in [-0.3, -0.25) is 4.90 Å². The van der Waals surface area contributed by atoms with Gasteiger partial charge in [0.15, 0.2) is 0 Å². The fraction of sp³-hybridized carbons (Fsp3) is 1.00. The Hall–Kier alpha value is -0.200. The summed E-state index contributed by atoms with van der Waals surface area (Å²) in [6, 6.07) is 0. The Bertz CT molecular complexity index is 231. The molecule has 0 aliphatic carbocycles. The largest absolute Gasteiger partial charge is 0.379 e. The number of hydrogen-bond donors (Lipinski definition) is 2. The van der Waals surface area contributed by atoms with Gasteiger partial charge in [0, 0.05) is 39.3 Å². The van der Waals surface area contributed by atoms with Crippen LogP contribution in [0.15, 0.2) is 0 Å². The second kappa shape index (κ2) is 8.87. The van der Waals surface area contributed by atoms with Gasteiger partial charge in [0.25, 0.3) is 0 Å². The average molecular weight is 273 g/mol. The molecule has 1 aliphatic heterocycles. The van der Waals surface area contributed by atoms with Gasteiger partial charge in [-0.05, 0) is 5.41 Å². The van der Waals surface area contributed by atoms with E-state index in [1.807, 2.05) is 0 Å². The molecule has 0 amide bonds. The molecule has 0 radical (unpaired) electrons. The summed E-state index contributed by atoms with van der Waals surface area (Å²) < 4.78 is 11.2. The lowest BCUT2D eigenvalue weighted by Crippen LogP contribution is -2.48. The summed E-state index contributed by atoms with van der Waals surface area (Å²) in [6.07, 6.45) is 0.297. The van der Waals surface area contributed by atoms with Crippen LogP contribution in [0, 0.1) is 5.41 Å². The summed E-state index contributed by atoms with van der Waals surface area (Å²) in [6.45, 7) is 14.5. The molecule has 0 spiro atoms. The SMILES string of the molecule is CC(C)(C)CNCC1CN(CCOCCN)CCO1. The highest BCUT2D eigenvalue weighted by Crippen LogP contribution is 2.11. The van der Waals surface area contributed by atoms with Crippen LogP contribution in [-0.4, -0.2) is 70.1 Å². The Balaban J connectivity index is 2.12. The van der Waals surface area contributed by atoms with Crippen LogP contribution in [0.1, 0.15) is 20.8 Å². The zero-order valence-corrected chi connectivity index (χ0v) is 12.8. The van der Waals surface area contributed by atoms with Crippen LogP contribution in [0.4, 0.5) is 0 Å². The third kappa shape index (κ3) is 8.55. The molecule has 5 nitrogen and oxygen atoms in total. The number of ether oxygens (including phenoxy) is 2. The normalized spacial score (nSPS) is 21.8. The summed E-state index contributed by atoms with van der Waals surface area (Å²) >= 11 is 0. The predicted octanol–water partition coefficient (Wildman–Crippen LogP) is 0.298. The van der Waals surface area contributed by atoms with Gasteiger partial charge >= 0.3 is 0 Å². The van der Waals surface area contributed by atoms with Crippen molar-refractivity contribution in [3.05, 3.63) is 0 Å². The molecule has 1 unspecified atom stereocenters. The summed E-state index contributed by atoms with van der Waals surface area (Å²) in [5.74, 6) is 0. The fourth-order valence-corrected chi connectivity index (χ4v) is 2.09. The number of rotatable bonds is 8. The minimum atomic E-state index is 0.297. The predicted molar refractivity (Wildman–Crippen MR) is 78.4 cm³/mol. The molecular weight excluding hydrogens is 242 g/mol. The first-order valence-corrected chi connectivity index (χ1v) is 7.34. The summed E-state index contributed by atoms with van der Waals surface area (Å²) in [5, 5.41) is 3.49. The van der Waals surface area contributed by atoms with Gasteiger partial charge in [0.1, 0.15) is 0 Å². The van der Waals surface area contributed by atoms with Crippen LogP contribution in [-0.2, 0) is 9.47 Å². The van der Waals surface area contributed by atoms with Crippen molar-refractivity contribution in [3.8, 4) is 0 Å². The molecule has 19 heavy (non-hydrogen) atoms. The van der Waals surface area contributed by atoms with Crippen molar-refractivity contribution in [2.75, 3.05) is 59.1 Å². The molecule has 0 saturated carbocycles. The topological polar surface area (TPSA) is 59.8 Å². The van der Waals surface area contributed by atoms with Crippen LogP contribution in [0.2, 0.25) is 0 Å². The first-order valence-electron chi connectivity index (χ1n) is 7.34. The highest BCUT2D eigenvalue weighted by atomic mass is 16.5. The van der Waals surface area contributed by atoms with E-state index < -0.39 is 0 Å². The number of nitrogens with zero attached hydrogens (tertiary/aromatic N) is 1. The molecular formula is C14H31N3O2. The molecule has 0 aromatic carbocycles. The molecule has 0 bridgehead atoms. The van der Waals surface area contributed by atoms with E-state index in [0.29, 0.717) is 24.7 Å².